The fourth-order valence-electron chi connectivity index (χ4n) is 2.59. The highest BCUT2D eigenvalue weighted by Crippen LogP contribution is 2.24. The molecule has 2 aromatic rings. The second kappa shape index (κ2) is 6.97. The largest absolute Gasteiger partial charge is 0.459 e. The van der Waals surface area contributed by atoms with Gasteiger partial charge in [0.2, 0.25) is 0 Å². The van der Waals surface area contributed by atoms with Gasteiger partial charge in [-0.05, 0) is 49.9 Å². The fourth-order valence-corrected chi connectivity index (χ4v) is 3.39. The zero-order valence-corrected chi connectivity index (χ0v) is 13.3. The number of rotatable bonds is 4. The van der Waals surface area contributed by atoms with Crippen molar-refractivity contribution < 1.29 is 19.1 Å². The molecule has 122 valence electrons. The first-order valence-corrected chi connectivity index (χ1v) is 8.37. The van der Waals surface area contributed by atoms with Crippen molar-refractivity contribution in [2.24, 2.45) is 0 Å². The van der Waals surface area contributed by atoms with Crippen LogP contribution in [0.1, 0.15) is 45.9 Å². The van der Waals surface area contributed by atoms with Gasteiger partial charge in [-0.3, -0.25) is 9.59 Å². The van der Waals surface area contributed by atoms with E-state index in [1.807, 2.05) is 0 Å². The highest BCUT2D eigenvalue weighted by molar-refractivity contribution is 7.18. The van der Waals surface area contributed by atoms with Crippen molar-refractivity contribution in [3.05, 3.63) is 41.2 Å². The van der Waals surface area contributed by atoms with E-state index in [1.165, 1.54) is 17.6 Å². The van der Waals surface area contributed by atoms with E-state index in [4.69, 9.17) is 4.42 Å². The van der Waals surface area contributed by atoms with Crippen LogP contribution in [0.3, 0.4) is 0 Å². The minimum atomic E-state index is -0.343. The average molecular weight is 334 g/mol. The topological polar surface area (TPSA) is 91.6 Å². The summed E-state index contributed by atoms with van der Waals surface area (Å²) in [5, 5.41) is 15.8. The first-order chi connectivity index (χ1) is 11.1. The highest BCUT2D eigenvalue weighted by Gasteiger charge is 2.22. The molecule has 0 atom stereocenters. The van der Waals surface area contributed by atoms with E-state index in [0.29, 0.717) is 9.88 Å². The van der Waals surface area contributed by atoms with Crippen molar-refractivity contribution in [2.45, 2.75) is 37.8 Å². The van der Waals surface area contributed by atoms with Crippen LogP contribution in [0.15, 0.2) is 34.9 Å². The van der Waals surface area contributed by atoms with Crippen LogP contribution >= 0.6 is 11.3 Å². The Bertz CT molecular complexity index is 672. The summed E-state index contributed by atoms with van der Waals surface area (Å²) in [5.74, 6) is -0.259. The van der Waals surface area contributed by atoms with Crippen molar-refractivity contribution in [3.63, 3.8) is 0 Å². The van der Waals surface area contributed by atoms with Crippen LogP contribution in [0.25, 0.3) is 0 Å². The van der Waals surface area contributed by atoms with Gasteiger partial charge in [-0.25, -0.2) is 0 Å². The summed E-state index contributed by atoms with van der Waals surface area (Å²) >= 11 is 1.22. The summed E-state index contributed by atoms with van der Waals surface area (Å²) in [6.07, 6.45) is 4.22. The van der Waals surface area contributed by atoms with Crippen LogP contribution in [-0.4, -0.2) is 29.1 Å². The minimum Gasteiger partial charge on any atom is -0.459 e. The van der Waals surface area contributed by atoms with Crippen molar-refractivity contribution >= 4 is 28.2 Å². The van der Waals surface area contributed by atoms with Gasteiger partial charge in [0.05, 0.1) is 22.2 Å². The first-order valence-electron chi connectivity index (χ1n) is 7.55. The molecule has 1 aliphatic carbocycles. The summed E-state index contributed by atoms with van der Waals surface area (Å²) in [7, 11) is 0. The van der Waals surface area contributed by atoms with Crippen molar-refractivity contribution in [1.82, 2.24) is 5.32 Å². The number of furan rings is 1. The smallest absolute Gasteiger partial charge is 0.291 e. The molecule has 0 aromatic carbocycles. The number of aliphatic hydroxyl groups is 1. The van der Waals surface area contributed by atoms with Crippen LogP contribution < -0.4 is 10.6 Å². The lowest BCUT2D eigenvalue weighted by molar-refractivity contribution is 0.0871. The molecule has 0 saturated heterocycles. The Kier molecular flexibility index (Phi) is 4.78. The summed E-state index contributed by atoms with van der Waals surface area (Å²) in [5.41, 5.74) is 0. The van der Waals surface area contributed by atoms with Gasteiger partial charge < -0.3 is 20.2 Å². The van der Waals surface area contributed by atoms with E-state index in [2.05, 4.69) is 10.6 Å². The first kappa shape index (κ1) is 15.8. The molecule has 7 heteroatoms. The summed E-state index contributed by atoms with van der Waals surface area (Å²) in [6.45, 7) is 0. The molecule has 3 rings (SSSR count). The second-order valence-electron chi connectivity index (χ2n) is 5.57. The predicted molar refractivity (Wildman–Crippen MR) is 86.7 cm³/mol. The van der Waals surface area contributed by atoms with Gasteiger partial charge in [0.15, 0.2) is 5.76 Å². The molecular formula is C16H18N2O4S. The summed E-state index contributed by atoms with van der Waals surface area (Å²) in [6, 6.07) is 6.71. The molecule has 0 aliphatic heterocycles. The molecule has 6 nitrogen and oxygen atoms in total. The number of nitrogens with one attached hydrogen (secondary N) is 2. The van der Waals surface area contributed by atoms with Gasteiger partial charge >= 0.3 is 0 Å². The standard InChI is InChI=1S/C16H18N2O4S/c19-11-5-3-10(4-6-11)17-16(21)13-7-8-14(23-13)18-15(20)12-2-1-9-22-12/h1-2,7-11,19H,3-6H2,(H,17,21)(H,18,20). The maximum absolute atomic E-state index is 12.2. The van der Waals surface area contributed by atoms with Gasteiger partial charge in [-0.2, -0.15) is 0 Å². The number of anilines is 1. The molecule has 1 aliphatic rings. The van der Waals surface area contributed by atoms with E-state index in [0.717, 1.165) is 25.7 Å². The molecule has 3 N–H and O–H groups in total. The van der Waals surface area contributed by atoms with Crippen LogP contribution in [0, 0.1) is 0 Å². The SMILES string of the molecule is O=C(Nc1ccc(C(=O)NC2CCC(O)CC2)s1)c1ccco1. The van der Waals surface area contributed by atoms with E-state index in [1.54, 1.807) is 24.3 Å². The van der Waals surface area contributed by atoms with Crippen molar-refractivity contribution in [2.75, 3.05) is 5.32 Å². The molecular weight excluding hydrogens is 316 g/mol. The zero-order chi connectivity index (χ0) is 16.2. The molecule has 0 bridgehead atoms. The molecule has 2 aromatic heterocycles. The van der Waals surface area contributed by atoms with Gasteiger partial charge in [-0.1, -0.05) is 0 Å². The summed E-state index contributed by atoms with van der Waals surface area (Å²) in [4.78, 5) is 24.7. The Morgan fingerprint density at radius 2 is 1.91 bits per heavy atom. The molecule has 23 heavy (non-hydrogen) atoms. The quantitative estimate of drug-likeness (QED) is 0.801. The predicted octanol–water partition coefficient (Wildman–Crippen LogP) is 2.63. The normalized spacial score (nSPS) is 20.9. The number of hydrogen-bond acceptors (Lipinski definition) is 5. The Morgan fingerprint density at radius 3 is 2.61 bits per heavy atom. The van der Waals surface area contributed by atoms with E-state index < -0.39 is 0 Å². The number of thiophene rings is 1. The van der Waals surface area contributed by atoms with E-state index in [9.17, 15) is 14.7 Å². The number of amides is 2. The third-order valence-corrected chi connectivity index (χ3v) is 4.84. The van der Waals surface area contributed by atoms with E-state index >= 15 is 0 Å². The number of hydrogen-bond donors (Lipinski definition) is 3. The van der Waals surface area contributed by atoms with Crippen molar-refractivity contribution in [3.8, 4) is 0 Å². The lowest BCUT2D eigenvalue weighted by Crippen LogP contribution is -2.38. The third kappa shape index (κ3) is 4.00. The number of aliphatic hydroxyl groups excluding tert-OH is 1. The monoisotopic (exact) mass is 334 g/mol. The molecule has 2 amide bonds. The Hall–Kier alpha value is -2.12. The molecule has 1 saturated carbocycles. The van der Waals surface area contributed by atoms with Crippen LogP contribution in [0.4, 0.5) is 5.00 Å². The molecule has 2 heterocycles. The van der Waals surface area contributed by atoms with E-state index in [-0.39, 0.29) is 29.7 Å². The van der Waals surface area contributed by atoms with Crippen molar-refractivity contribution in [1.29, 1.82) is 0 Å². The van der Waals surface area contributed by atoms with Crippen LogP contribution in [0.5, 0.6) is 0 Å². The minimum absolute atomic E-state index is 0.106. The van der Waals surface area contributed by atoms with Gasteiger partial charge in [0.1, 0.15) is 0 Å². The van der Waals surface area contributed by atoms with Crippen LogP contribution in [-0.2, 0) is 0 Å². The maximum Gasteiger partial charge on any atom is 0.291 e. The van der Waals surface area contributed by atoms with Gasteiger partial charge in [0.25, 0.3) is 11.8 Å². The highest BCUT2D eigenvalue weighted by atomic mass is 32.1. The Morgan fingerprint density at radius 1 is 1.13 bits per heavy atom. The average Bonchev–Trinajstić information content (AvgIpc) is 3.20. The summed E-state index contributed by atoms with van der Waals surface area (Å²) < 4.78 is 5.02. The zero-order valence-electron chi connectivity index (χ0n) is 12.5. The van der Waals surface area contributed by atoms with Gasteiger partial charge in [0, 0.05) is 6.04 Å². The van der Waals surface area contributed by atoms with Crippen LogP contribution in [0.2, 0.25) is 0 Å². The fraction of sp³-hybridized carbons (Fsp3) is 0.375. The Balaban J connectivity index is 1.56. The molecule has 0 spiro atoms. The maximum atomic E-state index is 12.2. The second-order valence-corrected chi connectivity index (χ2v) is 6.66. The lowest BCUT2D eigenvalue weighted by Gasteiger charge is -2.25. The van der Waals surface area contributed by atoms with Gasteiger partial charge in [-0.15, -0.1) is 11.3 Å². The molecule has 1 fully saturated rings. The Labute approximate surface area is 137 Å². The molecule has 0 unspecified atom stereocenters. The lowest BCUT2D eigenvalue weighted by atomic mass is 9.93. The third-order valence-electron chi connectivity index (χ3n) is 3.84. The molecule has 0 radical (unpaired) electrons. The number of carbonyl (C=O) groups excluding carboxylic acids is 2. The number of carbonyl (C=O) groups is 2.